The summed E-state index contributed by atoms with van der Waals surface area (Å²) in [7, 11) is 0. The van der Waals surface area contributed by atoms with Crippen molar-refractivity contribution in [2.45, 2.75) is 0 Å². The van der Waals surface area contributed by atoms with Crippen LogP contribution in [-0.2, 0) is 0 Å². The van der Waals surface area contributed by atoms with Gasteiger partial charge in [-0.2, -0.15) is 10.2 Å². The highest BCUT2D eigenvalue weighted by Crippen LogP contribution is 2.20. The van der Waals surface area contributed by atoms with Crippen LogP contribution in [0.4, 0.5) is 11.6 Å². The Morgan fingerprint density at radius 3 is 2.95 bits per heavy atom. The van der Waals surface area contributed by atoms with Crippen molar-refractivity contribution in [3.8, 4) is 6.07 Å². The van der Waals surface area contributed by atoms with Crippen molar-refractivity contribution < 1.29 is 0 Å². The molecule has 0 aliphatic rings. The van der Waals surface area contributed by atoms with E-state index in [4.69, 9.17) is 5.26 Å². The van der Waals surface area contributed by atoms with E-state index in [9.17, 15) is 0 Å². The van der Waals surface area contributed by atoms with Crippen LogP contribution in [0, 0.1) is 11.3 Å². The van der Waals surface area contributed by atoms with Crippen molar-refractivity contribution >= 4 is 28.2 Å². The molecular formula is C16H10N6. The molecule has 0 unspecified atom stereocenters. The number of nitrogens with one attached hydrogen (secondary N) is 1. The summed E-state index contributed by atoms with van der Waals surface area (Å²) in [5.41, 5.74) is 2.88. The third kappa shape index (κ3) is 2.01. The monoisotopic (exact) mass is 286 g/mol. The molecular weight excluding hydrogens is 276 g/mol. The Hall–Kier alpha value is -3.46. The van der Waals surface area contributed by atoms with E-state index in [0.29, 0.717) is 17.3 Å². The third-order valence-electron chi connectivity index (χ3n) is 3.33. The lowest BCUT2D eigenvalue weighted by Crippen LogP contribution is -1.95. The Labute approximate surface area is 125 Å². The summed E-state index contributed by atoms with van der Waals surface area (Å²) >= 11 is 0. The molecule has 0 bridgehead atoms. The van der Waals surface area contributed by atoms with Crippen molar-refractivity contribution in [2.24, 2.45) is 0 Å². The molecule has 1 aromatic carbocycles. The Morgan fingerprint density at radius 2 is 2.05 bits per heavy atom. The van der Waals surface area contributed by atoms with Crippen molar-refractivity contribution in [1.29, 1.82) is 5.26 Å². The molecule has 4 aromatic rings. The number of nitriles is 1. The van der Waals surface area contributed by atoms with Crippen LogP contribution >= 0.6 is 0 Å². The molecule has 0 radical (unpaired) electrons. The van der Waals surface area contributed by atoms with Gasteiger partial charge in [0.25, 0.3) is 0 Å². The summed E-state index contributed by atoms with van der Waals surface area (Å²) in [6, 6.07) is 17.1. The van der Waals surface area contributed by atoms with E-state index in [1.54, 1.807) is 18.3 Å². The highest BCUT2D eigenvalue weighted by atomic mass is 15.4. The average molecular weight is 286 g/mol. The number of nitrogens with zero attached hydrogens (tertiary/aromatic N) is 5. The summed E-state index contributed by atoms with van der Waals surface area (Å²) < 4.78 is 1.52. The molecule has 3 heterocycles. The van der Waals surface area contributed by atoms with Gasteiger partial charge in [0.1, 0.15) is 11.8 Å². The molecule has 0 aliphatic carbocycles. The van der Waals surface area contributed by atoms with E-state index < -0.39 is 0 Å². The standard InChI is InChI=1S/C16H10N6/c17-10-13-4-1-5-15-20-16(21-22(13)15)19-12-6-7-14-11(9-12)3-2-8-18-14/h1-9H,(H,19,21). The predicted octanol–water partition coefficient (Wildman–Crippen LogP) is 2.89. The number of benzene rings is 1. The van der Waals surface area contributed by atoms with Crippen molar-refractivity contribution in [3.05, 3.63) is 60.4 Å². The molecule has 0 saturated carbocycles. The van der Waals surface area contributed by atoms with Gasteiger partial charge in [-0.15, -0.1) is 5.10 Å². The number of anilines is 2. The molecule has 22 heavy (non-hydrogen) atoms. The van der Waals surface area contributed by atoms with E-state index in [0.717, 1.165) is 16.6 Å². The topological polar surface area (TPSA) is 78.9 Å². The summed E-state index contributed by atoms with van der Waals surface area (Å²) in [5, 5.41) is 17.6. The van der Waals surface area contributed by atoms with Crippen LogP contribution in [0.25, 0.3) is 16.6 Å². The first-order valence-corrected chi connectivity index (χ1v) is 6.71. The van der Waals surface area contributed by atoms with E-state index >= 15 is 0 Å². The maximum Gasteiger partial charge on any atom is 0.247 e. The summed E-state index contributed by atoms with van der Waals surface area (Å²) in [6.45, 7) is 0. The fraction of sp³-hybridized carbons (Fsp3) is 0. The van der Waals surface area contributed by atoms with Crippen LogP contribution in [0.1, 0.15) is 5.69 Å². The molecule has 0 spiro atoms. The SMILES string of the molecule is N#Cc1cccc2nc(Nc3ccc4ncccc4c3)nn12. The molecule has 0 aliphatic heterocycles. The van der Waals surface area contributed by atoms with Crippen LogP contribution in [0.5, 0.6) is 0 Å². The molecule has 4 rings (SSSR count). The first kappa shape index (κ1) is 12.3. The summed E-state index contributed by atoms with van der Waals surface area (Å²) in [5.74, 6) is 0.450. The molecule has 6 heteroatoms. The molecule has 0 atom stereocenters. The number of rotatable bonds is 2. The third-order valence-corrected chi connectivity index (χ3v) is 3.33. The minimum absolute atomic E-state index is 0.445. The Kier molecular flexibility index (Phi) is 2.70. The van der Waals surface area contributed by atoms with Gasteiger partial charge in [-0.05, 0) is 36.4 Å². The van der Waals surface area contributed by atoms with Gasteiger partial charge in [-0.1, -0.05) is 12.1 Å². The highest BCUT2D eigenvalue weighted by molar-refractivity contribution is 5.82. The van der Waals surface area contributed by atoms with Gasteiger partial charge in [0.2, 0.25) is 5.95 Å². The van der Waals surface area contributed by atoms with Gasteiger partial charge >= 0.3 is 0 Å². The largest absolute Gasteiger partial charge is 0.323 e. The van der Waals surface area contributed by atoms with Crippen LogP contribution < -0.4 is 5.32 Å². The zero-order valence-corrected chi connectivity index (χ0v) is 11.4. The first-order valence-electron chi connectivity index (χ1n) is 6.71. The smallest absolute Gasteiger partial charge is 0.247 e. The fourth-order valence-corrected chi connectivity index (χ4v) is 2.33. The Balaban J connectivity index is 1.74. The number of aromatic nitrogens is 4. The maximum atomic E-state index is 9.09. The number of hydrogen-bond donors (Lipinski definition) is 1. The summed E-state index contributed by atoms with van der Waals surface area (Å²) in [6.07, 6.45) is 1.77. The van der Waals surface area contributed by atoms with Crippen LogP contribution in [0.2, 0.25) is 0 Å². The lowest BCUT2D eigenvalue weighted by molar-refractivity contribution is 0.945. The molecule has 0 amide bonds. The number of pyridine rings is 2. The quantitative estimate of drug-likeness (QED) is 0.613. The van der Waals surface area contributed by atoms with Crippen molar-refractivity contribution in [3.63, 3.8) is 0 Å². The molecule has 1 N–H and O–H groups in total. The molecule has 3 aromatic heterocycles. The van der Waals surface area contributed by atoms with Crippen LogP contribution in [-0.4, -0.2) is 19.6 Å². The number of hydrogen-bond acceptors (Lipinski definition) is 5. The fourth-order valence-electron chi connectivity index (χ4n) is 2.33. The Morgan fingerprint density at radius 1 is 1.09 bits per heavy atom. The van der Waals surface area contributed by atoms with Crippen LogP contribution in [0.3, 0.4) is 0 Å². The van der Waals surface area contributed by atoms with Crippen LogP contribution in [0.15, 0.2) is 54.7 Å². The summed E-state index contributed by atoms with van der Waals surface area (Å²) in [4.78, 5) is 8.66. The van der Waals surface area contributed by atoms with E-state index in [1.807, 2.05) is 36.4 Å². The van der Waals surface area contributed by atoms with E-state index in [-0.39, 0.29) is 0 Å². The van der Waals surface area contributed by atoms with E-state index in [1.165, 1.54) is 4.52 Å². The molecule has 0 saturated heterocycles. The van der Waals surface area contributed by atoms with E-state index in [2.05, 4.69) is 26.5 Å². The maximum absolute atomic E-state index is 9.09. The van der Waals surface area contributed by atoms with Crippen molar-refractivity contribution in [2.75, 3.05) is 5.32 Å². The second-order valence-corrected chi connectivity index (χ2v) is 4.76. The van der Waals surface area contributed by atoms with Gasteiger partial charge in [0, 0.05) is 17.3 Å². The Bertz CT molecular complexity index is 1030. The zero-order chi connectivity index (χ0) is 14.9. The second-order valence-electron chi connectivity index (χ2n) is 4.76. The zero-order valence-electron chi connectivity index (χ0n) is 11.4. The predicted molar refractivity (Wildman–Crippen MR) is 82.7 cm³/mol. The second kappa shape index (κ2) is 4.82. The average Bonchev–Trinajstić information content (AvgIpc) is 2.97. The van der Waals surface area contributed by atoms with Gasteiger partial charge < -0.3 is 5.32 Å². The van der Waals surface area contributed by atoms with Gasteiger partial charge in [-0.25, -0.2) is 4.52 Å². The highest BCUT2D eigenvalue weighted by Gasteiger charge is 2.07. The van der Waals surface area contributed by atoms with Gasteiger partial charge in [0.15, 0.2) is 5.65 Å². The number of fused-ring (bicyclic) bond motifs is 2. The molecule has 0 fully saturated rings. The normalized spacial score (nSPS) is 10.7. The first-order chi connectivity index (χ1) is 10.8. The minimum Gasteiger partial charge on any atom is -0.323 e. The lowest BCUT2D eigenvalue weighted by atomic mass is 10.2. The van der Waals surface area contributed by atoms with Crippen molar-refractivity contribution in [1.82, 2.24) is 19.6 Å². The minimum atomic E-state index is 0.445. The van der Waals surface area contributed by atoms with Gasteiger partial charge in [0.05, 0.1) is 5.52 Å². The lowest BCUT2D eigenvalue weighted by Gasteiger charge is -2.03. The molecule has 6 nitrogen and oxygen atoms in total. The molecule has 104 valence electrons. The van der Waals surface area contributed by atoms with Gasteiger partial charge in [-0.3, -0.25) is 4.98 Å².